The number of hydrogen-bond acceptors (Lipinski definition) is 6. The van der Waals surface area contributed by atoms with E-state index in [2.05, 4.69) is 4.74 Å². The minimum Gasteiger partial charge on any atom is -0.403 e. The Morgan fingerprint density at radius 1 is 0.538 bits per heavy atom. The van der Waals surface area contributed by atoms with Crippen LogP contribution < -0.4 is 4.74 Å². The second kappa shape index (κ2) is 11.9. The SMILES string of the molecule is N#CC(C#N)=C1c2cc(-c3ccc(OC(F)(F)F)c(F)c3)ccc2-c2c1sc1c2-c2ccc(-c3ccc(C(F)(F)F)c(F)c3)cc2C1=C(C#N)C#N. The van der Waals surface area contributed by atoms with E-state index in [1.165, 1.54) is 12.1 Å². The molecule has 252 valence electrons. The molecule has 1 aromatic heterocycles. The summed E-state index contributed by atoms with van der Waals surface area (Å²) >= 11 is 1.09. The number of fused-ring (bicyclic) bond motifs is 7. The van der Waals surface area contributed by atoms with Gasteiger partial charge < -0.3 is 4.74 Å². The number of allylic oxidation sites excluding steroid dienone is 2. The van der Waals surface area contributed by atoms with E-state index in [0.29, 0.717) is 60.3 Å². The van der Waals surface area contributed by atoms with Crippen LogP contribution in [0.5, 0.6) is 5.75 Å². The van der Waals surface area contributed by atoms with Crippen LogP contribution in [0.1, 0.15) is 26.4 Å². The minimum atomic E-state index is -5.12. The Hall–Kier alpha value is -6.74. The molecule has 7 rings (SSSR count). The van der Waals surface area contributed by atoms with Gasteiger partial charge in [0.1, 0.15) is 41.2 Å². The first-order chi connectivity index (χ1) is 24.7. The third-order valence-electron chi connectivity index (χ3n) is 8.52. The maximum atomic E-state index is 14.7. The van der Waals surface area contributed by atoms with Gasteiger partial charge in [-0.1, -0.05) is 36.4 Å². The predicted octanol–water partition coefficient (Wildman–Crippen LogP) is 10.9. The fourth-order valence-corrected chi connectivity index (χ4v) is 7.88. The van der Waals surface area contributed by atoms with Gasteiger partial charge in [-0.05, 0) is 80.9 Å². The van der Waals surface area contributed by atoms with Crippen molar-refractivity contribution >= 4 is 22.5 Å². The molecule has 5 nitrogen and oxygen atoms in total. The molecular weight excluding hydrogens is 712 g/mol. The molecule has 0 atom stereocenters. The highest BCUT2D eigenvalue weighted by atomic mass is 32.1. The second-order valence-electron chi connectivity index (χ2n) is 11.4. The Morgan fingerprint density at radius 3 is 1.37 bits per heavy atom. The lowest BCUT2D eigenvalue weighted by molar-refractivity contribution is -0.275. The molecule has 0 saturated carbocycles. The number of alkyl halides is 6. The molecule has 2 aliphatic carbocycles. The molecule has 0 fully saturated rings. The van der Waals surface area contributed by atoms with Gasteiger partial charge in [0.15, 0.2) is 11.6 Å². The second-order valence-corrected chi connectivity index (χ2v) is 12.4. The molecule has 2 aliphatic rings. The molecule has 0 unspecified atom stereocenters. The van der Waals surface area contributed by atoms with Crippen molar-refractivity contribution in [1.29, 1.82) is 21.0 Å². The Bertz CT molecular complexity index is 2620. The van der Waals surface area contributed by atoms with Gasteiger partial charge in [-0.2, -0.15) is 34.2 Å². The molecular formula is C38H12F8N4OS. The Kier molecular flexibility index (Phi) is 7.75. The molecule has 5 aromatic rings. The van der Waals surface area contributed by atoms with E-state index in [-0.39, 0.29) is 33.4 Å². The molecule has 0 N–H and O–H groups in total. The van der Waals surface area contributed by atoms with Crippen LogP contribution >= 0.6 is 11.3 Å². The van der Waals surface area contributed by atoms with Gasteiger partial charge >= 0.3 is 12.5 Å². The first-order valence-electron chi connectivity index (χ1n) is 14.7. The molecule has 4 aromatic carbocycles. The first kappa shape index (κ1) is 33.7. The van der Waals surface area contributed by atoms with Crippen LogP contribution in [0.25, 0.3) is 55.7 Å². The minimum absolute atomic E-state index is 0.105. The standard InChI is InChI=1S/C38H12F8N4OS/c39-28-11-19(3-7-27(28)37(41,42)43)17-1-5-23-25(9-17)31(21(13-47)14-48)35-33(23)34-24-6-2-18(10-26(24)32(36(34)52-35)22(15-49)16-50)20-4-8-30(29(40)12-20)51-38(44,45)46/h1-12H. The molecule has 0 radical (unpaired) electrons. The van der Waals surface area contributed by atoms with Crippen molar-refractivity contribution in [3.63, 3.8) is 0 Å². The van der Waals surface area contributed by atoms with Crippen molar-refractivity contribution < 1.29 is 39.9 Å². The smallest absolute Gasteiger partial charge is 0.403 e. The number of hydrogen-bond donors (Lipinski definition) is 0. The maximum Gasteiger partial charge on any atom is 0.573 e. The Labute approximate surface area is 292 Å². The average molecular weight is 725 g/mol. The number of thiophene rings is 1. The highest BCUT2D eigenvalue weighted by Gasteiger charge is 2.40. The van der Waals surface area contributed by atoms with E-state index in [9.17, 15) is 56.2 Å². The predicted molar refractivity (Wildman–Crippen MR) is 172 cm³/mol. The third-order valence-corrected chi connectivity index (χ3v) is 9.75. The summed E-state index contributed by atoms with van der Waals surface area (Å²) in [5, 5.41) is 39.8. The quantitative estimate of drug-likeness (QED) is 0.133. The molecule has 1 heterocycles. The number of nitriles is 4. The van der Waals surface area contributed by atoms with Gasteiger partial charge in [-0.3, -0.25) is 0 Å². The highest BCUT2D eigenvalue weighted by molar-refractivity contribution is 7.16. The topological polar surface area (TPSA) is 104 Å². The van der Waals surface area contributed by atoms with Crippen molar-refractivity contribution in [3.8, 4) is 74.5 Å². The van der Waals surface area contributed by atoms with Gasteiger partial charge in [-0.25, -0.2) is 8.78 Å². The van der Waals surface area contributed by atoms with Crippen LogP contribution in [0.4, 0.5) is 35.1 Å². The molecule has 0 bridgehead atoms. The van der Waals surface area contributed by atoms with Crippen LogP contribution in [0.3, 0.4) is 0 Å². The average Bonchev–Trinajstić information content (AvgIpc) is 3.71. The lowest BCUT2D eigenvalue weighted by Crippen LogP contribution is -2.17. The molecule has 0 amide bonds. The molecule has 52 heavy (non-hydrogen) atoms. The van der Waals surface area contributed by atoms with E-state index < -0.39 is 35.5 Å². The van der Waals surface area contributed by atoms with Gasteiger partial charge in [0.05, 0.1) is 5.56 Å². The van der Waals surface area contributed by atoms with Gasteiger partial charge in [0.25, 0.3) is 0 Å². The van der Waals surface area contributed by atoms with Crippen LogP contribution in [-0.4, -0.2) is 6.36 Å². The number of benzene rings is 4. The number of nitrogens with zero attached hydrogens (tertiary/aromatic N) is 4. The fraction of sp³-hybridized carbons (Fsp3) is 0.0526. The van der Waals surface area contributed by atoms with Crippen molar-refractivity contribution in [3.05, 3.63) is 122 Å². The summed E-state index contributed by atoms with van der Waals surface area (Å²) in [6.45, 7) is 0. The number of ether oxygens (including phenoxy) is 1. The highest BCUT2D eigenvalue weighted by Crippen LogP contribution is 2.61. The van der Waals surface area contributed by atoms with Gasteiger partial charge in [-0.15, -0.1) is 24.5 Å². The lowest BCUT2D eigenvalue weighted by Gasteiger charge is -2.12. The zero-order valence-electron chi connectivity index (χ0n) is 25.6. The summed E-state index contributed by atoms with van der Waals surface area (Å²) in [6, 6.07) is 22.3. The Morgan fingerprint density at radius 2 is 0.962 bits per heavy atom. The first-order valence-corrected chi connectivity index (χ1v) is 15.5. The lowest BCUT2D eigenvalue weighted by atomic mass is 9.93. The zero-order chi connectivity index (χ0) is 37.3. The molecule has 0 spiro atoms. The summed E-state index contributed by atoms with van der Waals surface area (Å²) in [7, 11) is 0. The zero-order valence-corrected chi connectivity index (χ0v) is 26.4. The van der Waals surface area contributed by atoms with Crippen LogP contribution in [-0.2, 0) is 6.18 Å². The molecule has 0 saturated heterocycles. The van der Waals surface area contributed by atoms with E-state index in [1.807, 2.05) is 24.3 Å². The van der Waals surface area contributed by atoms with E-state index in [4.69, 9.17) is 0 Å². The monoisotopic (exact) mass is 724 g/mol. The van der Waals surface area contributed by atoms with Crippen LogP contribution in [0, 0.1) is 57.0 Å². The van der Waals surface area contributed by atoms with E-state index >= 15 is 0 Å². The van der Waals surface area contributed by atoms with Gasteiger partial charge in [0, 0.05) is 32.0 Å². The summed E-state index contributed by atoms with van der Waals surface area (Å²) in [5.74, 6) is -3.80. The normalized spacial score (nSPS) is 12.5. The van der Waals surface area contributed by atoms with Crippen molar-refractivity contribution in [2.75, 3.05) is 0 Å². The number of halogens is 8. The van der Waals surface area contributed by atoms with Crippen LogP contribution in [0.2, 0.25) is 0 Å². The third kappa shape index (κ3) is 5.34. The number of rotatable bonds is 3. The van der Waals surface area contributed by atoms with Gasteiger partial charge in [0.2, 0.25) is 0 Å². The molecule has 14 heteroatoms. The Balaban J connectivity index is 1.43. The van der Waals surface area contributed by atoms with E-state index in [1.54, 1.807) is 30.3 Å². The summed E-state index contributed by atoms with van der Waals surface area (Å²) < 4.78 is 111. The van der Waals surface area contributed by atoms with Crippen molar-refractivity contribution in [1.82, 2.24) is 0 Å². The maximum absolute atomic E-state index is 14.7. The van der Waals surface area contributed by atoms with Crippen molar-refractivity contribution in [2.45, 2.75) is 12.5 Å². The summed E-state index contributed by atoms with van der Waals surface area (Å²) in [4.78, 5) is 0.890. The summed E-state index contributed by atoms with van der Waals surface area (Å²) in [6.07, 6.45) is -10.0. The van der Waals surface area contributed by atoms with Crippen molar-refractivity contribution in [2.24, 2.45) is 0 Å². The van der Waals surface area contributed by atoms with E-state index in [0.717, 1.165) is 35.6 Å². The molecule has 0 aliphatic heterocycles. The fourth-order valence-electron chi connectivity index (χ4n) is 6.42. The largest absolute Gasteiger partial charge is 0.573 e. The van der Waals surface area contributed by atoms with Crippen LogP contribution in [0.15, 0.2) is 83.9 Å². The summed E-state index contributed by atoms with van der Waals surface area (Å²) in [5.41, 5.74) is 2.15.